The first kappa shape index (κ1) is 38.9. The zero-order chi connectivity index (χ0) is 35.2. The summed E-state index contributed by atoms with van der Waals surface area (Å²) in [6.07, 6.45) is -4.23. The van der Waals surface area contributed by atoms with Crippen molar-refractivity contribution >= 4 is 23.7 Å². The molecule has 0 aliphatic heterocycles. The van der Waals surface area contributed by atoms with E-state index in [1.807, 2.05) is 5.32 Å². The van der Waals surface area contributed by atoms with Crippen LogP contribution in [0.2, 0.25) is 0 Å². The van der Waals surface area contributed by atoms with Crippen LogP contribution in [0.5, 0.6) is 5.75 Å². The van der Waals surface area contributed by atoms with Gasteiger partial charge in [-0.05, 0) is 42.5 Å². The molecule has 11 nitrogen and oxygen atoms in total. The summed E-state index contributed by atoms with van der Waals surface area (Å²) >= 11 is 0. The average molecular weight is 670 g/mol. The number of amides is 3. The van der Waals surface area contributed by atoms with E-state index < -0.39 is 65.4 Å². The molecule has 260 valence electrons. The molecule has 6 N–H and O–H groups in total. The van der Waals surface area contributed by atoms with Gasteiger partial charge < -0.3 is 26.2 Å². The number of aromatic hydroxyl groups is 1. The maximum Gasteiger partial charge on any atom is 0.472 e. The Morgan fingerprint density at radius 2 is 1.49 bits per heavy atom. The summed E-state index contributed by atoms with van der Waals surface area (Å²) in [5.41, 5.74) is 6.73. The Bertz CT molecular complexity index is 1320. The van der Waals surface area contributed by atoms with Crippen molar-refractivity contribution < 1.29 is 46.7 Å². The van der Waals surface area contributed by atoms with Crippen LogP contribution >= 0.6 is 0 Å². The van der Waals surface area contributed by atoms with Crippen LogP contribution in [-0.4, -0.2) is 71.1 Å². The third kappa shape index (κ3) is 12.8. The van der Waals surface area contributed by atoms with E-state index in [1.165, 1.54) is 24.3 Å². The Hall–Kier alpha value is -4.24. The Morgan fingerprint density at radius 3 is 2.06 bits per heavy atom. The number of phenolic OH excluding ortho intramolecular Hbond substituents is 1. The van der Waals surface area contributed by atoms with Crippen molar-refractivity contribution in [1.82, 2.24) is 21.1 Å². The van der Waals surface area contributed by atoms with E-state index in [4.69, 9.17) is 5.73 Å². The van der Waals surface area contributed by atoms with E-state index in [9.17, 15) is 37.5 Å². The number of rotatable bonds is 19. The van der Waals surface area contributed by atoms with E-state index in [-0.39, 0.29) is 37.9 Å². The van der Waals surface area contributed by atoms with Gasteiger partial charge >= 0.3 is 18.1 Å². The predicted octanol–water partition coefficient (Wildman–Crippen LogP) is 3.55. The van der Waals surface area contributed by atoms with Crippen LogP contribution in [0.4, 0.5) is 17.7 Å². The monoisotopic (exact) mass is 669 g/mol. The highest BCUT2D eigenvalue weighted by Gasteiger charge is 2.45. The van der Waals surface area contributed by atoms with Crippen LogP contribution in [0.15, 0.2) is 54.6 Å². The molecule has 3 amide bonds. The summed E-state index contributed by atoms with van der Waals surface area (Å²) in [5.74, 6) is -8.61. The van der Waals surface area contributed by atoms with E-state index in [2.05, 4.69) is 10.1 Å². The second kappa shape index (κ2) is 18.2. The standard InChI is InChI=1S/C32H43F4N5O6/c1-4-6-13-25(39-32(34,35)47-29(45)24(37)19-22-14-16-23(42)17-15-22)27(43)38-26(20-21-11-9-8-10-12-21)28(44)40-31(33,18-7-5-2)30(46)41(3)36/h8-12,14-17,24-26,39,42H,4-7,13,18-20,37H2,1-3H3,(H,38,43)(H,40,44)/t24-,25-,26-,31-/m0/s1. The number of halogens is 4. The molecular weight excluding hydrogens is 626 g/mol. The first-order chi connectivity index (χ1) is 22.1. The van der Waals surface area contributed by atoms with Gasteiger partial charge in [-0.3, -0.25) is 19.2 Å². The smallest absolute Gasteiger partial charge is 0.472 e. The average Bonchev–Trinajstić information content (AvgIpc) is 3.02. The molecule has 0 aliphatic carbocycles. The number of unbranched alkanes of at least 4 members (excludes halogenated alkanes) is 2. The van der Waals surface area contributed by atoms with Crippen molar-refractivity contribution in [3.8, 4) is 5.75 Å². The number of nitrogens with two attached hydrogens (primary N) is 1. The predicted molar refractivity (Wildman–Crippen MR) is 165 cm³/mol. The number of alkyl halides is 3. The molecule has 4 atom stereocenters. The SMILES string of the molecule is CCCC[C@H](NC(F)(F)OC(=O)[C@@H](N)Cc1ccc(O)cc1)C(=O)N[C@@H](Cc1ccccc1)C(=O)N[C@@](F)(CCCC)C(=O)N(C)F. The van der Waals surface area contributed by atoms with E-state index in [0.29, 0.717) is 31.0 Å². The third-order valence-electron chi connectivity index (χ3n) is 7.16. The normalized spacial score (nSPS) is 14.6. The molecule has 0 radical (unpaired) electrons. The molecule has 47 heavy (non-hydrogen) atoms. The lowest BCUT2D eigenvalue weighted by Gasteiger charge is -2.30. The van der Waals surface area contributed by atoms with Gasteiger partial charge in [0.05, 0.1) is 6.04 Å². The van der Waals surface area contributed by atoms with Gasteiger partial charge in [0.15, 0.2) is 0 Å². The van der Waals surface area contributed by atoms with Crippen molar-refractivity contribution in [2.45, 2.75) is 95.4 Å². The summed E-state index contributed by atoms with van der Waals surface area (Å²) in [7, 11) is 0.676. The van der Waals surface area contributed by atoms with Crippen LogP contribution in [-0.2, 0) is 36.8 Å². The molecule has 0 aliphatic rings. The van der Waals surface area contributed by atoms with Gasteiger partial charge in [-0.15, -0.1) is 8.78 Å². The van der Waals surface area contributed by atoms with Gasteiger partial charge in [-0.2, -0.15) is 5.12 Å². The number of nitrogens with zero attached hydrogens (tertiary/aromatic N) is 1. The van der Waals surface area contributed by atoms with Crippen LogP contribution in [0.1, 0.15) is 63.5 Å². The minimum Gasteiger partial charge on any atom is -0.508 e. The molecule has 0 aromatic heterocycles. The van der Waals surface area contributed by atoms with Crippen LogP contribution in [0.25, 0.3) is 0 Å². The van der Waals surface area contributed by atoms with Crippen molar-refractivity contribution in [2.75, 3.05) is 7.05 Å². The van der Waals surface area contributed by atoms with Crippen molar-refractivity contribution in [1.29, 1.82) is 0 Å². The van der Waals surface area contributed by atoms with Gasteiger partial charge in [0.1, 0.15) is 17.8 Å². The minimum atomic E-state index is -4.37. The second-order valence-electron chi connectivity index (χ2n) is 11.2. The lowest BCUT2D eigenvalue weighted by Crippen LogP contribution is -2.61. The summed E-state index contributed by atoms with van der Waals surface area (Å²) < 4.78 is 63.8. The summed E-state index contributed by atoms with van der Waals surface area (Å²) in [4.78, 5) is 51.6. The molecule has 0 heterocycles. The Kier molecular flexibility index (Phi) is 15.1. The van der Waals surface area contributed by atoms with E-state index in [0.717, 1.165) is 0 Å². The Labute approximate surface area is 271 Å². The number of esters is 1. The zero-order valence-electron chi connectivity index (χ0n) is 26.6. The quantitative estimate of drug-likeness (QED) is 0.0499. The summed E-state index contributed by atoms with van der Waals surface area (Å²) in [6, 6.07) is 8.97. The molecule has 0 bridgehead atoms. The maximum atomic E-state index is 15.7. The number of ether oxygens (including phenoxy) is 1. The zero-order valence-corrected chi connectivity index (χ0v) is 26.6. The fourth-order valence-electron chi connectivity index (χ4n) is 4.58. The summed E-state index contributed by atoms with van der Waals surface area (Å²) in [6.45, 7) is 3.45. The van der Waals surface area contributed by atoms with Gasteiger partial charge in [-0.1, -0.05) is 80.1 Å². The number of carbonyl (C=O) groups excluding carboxylic acids is 4. The van der Waals surface area contributed by atoms with Crippen molar-refractivity contribution in [2.24, 2.45) is 5.73 Å². The number of nitrogens with one attached hydrogen (secondary N) is 3. The molecule has 15 heteroatoms. The third-order valence-corrected chi connectivity index (χ3v) is 7.16. The molecule has 2 aromatic carbocycles. The minimum absolute atomic E-state index is 0.0399. The Balaban J connectivity index is 2.26. The van der Waals surface area contributed by atoms with Gasteiger partial charge in [0.2, 0.25) is 11.8 Å². The molecule has 0 saturated carbocycles. The second-order valence-corrected chi connectivity index (χ2v) is 11.2. The largest absolute Gasteiger partial charge is 0.508 e. The van der Waals surface area contributed by atoms with Crippen molar-refractivity contribution in [3.05, 3.63) is 65.7 Å². The Morgan fingerprint density at radius 1 is 0.894 bits per heavy atom. The fourth-order valence-corrected chi connectivity index (χ4v) is 4.58. The highest BCUT2D eigenvalue weighted by atomic mass is 19.3. The molecule has 0 fully saturated rings. The van der Waals surface area contributed by atoms with Gasteiger partial charge in [-0.25, -0.2) is 9.71 Å². The topological polar surface area (TPSA) is 163 Å². The van der Waals surface area contributed by atoms with Crippen molar-refractivity contribution in [3.63, 3.8) is 0 Å². The number of phenols is 1. The lowest BCUT2D eigenvalue weighted by molar-refractivity contribution is -0.253. The molecule has 2 aromatic rings. The maximum absolute atomic E-state index is 15.7. The molecule has 0 spiro atoms. The fraction of sp³-hybridized carbons (Fsp3) is 0.500. The number of benzene rings is 2. The number of likely N-dealkylation sites (N-methyl/N-ethyl adjacent to an activating group) is 1. The highest BCUT2D eigenvalue weighted by Crippen LogP contribution is 2.21. The van der Waals surface area contributed by atoms with Gasteiger partial charge in [0, 0.05) is 19.9 Å². The lowest BCUT2D eigenvalue weighted by atomic mass is 10.0. The number of hydrogen-bond acceptors (Lipinski definition) is 8. The van der Waals surface area contributed by atoms with Crippen LogP contribution in [0, 0.1) is 0 Å². The number of hydrogen-bond donors (Lipinski definition) is 5. The van der Waals surface area contributed by atoms with Gasteiger partial charge in [0.25, 0.3) is 5.79 Å². The summed E-state index contributed by atoms with van der Waals surface area (Å²) in [5, 5.41) is 14.9. The molecule has 2 rings (SSSR count). The van der Waals surface area contributed by atoms with E-state index >= 15 is 4.39 Å². The molecule has 0 saturated heterocycles. The van der Waals surface area contributed by atoms with Crippen LogP contribution in [0.3, 0.4) is 0 Å². The number of carbonyl (C=O) groups is 4. The first-order valence-electron chi connectivity index (χ1n) is 15.3. The van der Waals surface area contributed by atoms with E-state index in [1.54, 1.807) is 49.5 Å². The molecule has 0 unspecified atom stereocenters. The van der Waals surface area contributed by atoms with Crippen LogP contribution < -0.4 is 21.7 Å². The molecular formula is C32H43F4N5O6. The highest BCUT2D eigenvalue weighted by molar-refractivity contribution is 5.94. The first-order valence-corrected chi connectivity index (χ1v) is 15.3.